The number of benzene rings is 1. The van der Waals surface area contributed by atoms with E-state index < -0.39 is 0 Å². The number of nitrogens with zero attached hydrogens (tertiary/aromatic N) is 2. The van der Waals surface area contributed by atoms with E-state index in [-0.39, 0.29) is 48.5 Å². The molecule has 4 saturated carbocycles. The van der Waals surface area contributed by atoms with Gasteiger partial charge in [0.2, 0.25) is 5.76 Å². The lowest BCUT2D eigenvalue weighted by Gasteiger charge is -2.54. The summed E-state index contributed by atoms with van der Waals surface area (Å²) in [7, 11) is 0. The Morgan fingerprint density at radius 1 is 1.06 bits per heavy atom. The average molecular weight is 533 g/mol. The average Bonchev–Trinajstić information content (AvgIpc) is 3.27. The fourth-order valence-corrected chi connectivity index (χ4v) is 7.65. The maximum atomic E-state index is 13.5. The molecular formula is C26H33ClN4O4S. The van der Waals surface area contributed by atoms with Crippen LogP contribution in [0.2, 0.25) is 0 Å². The second-order valence-corrected chi connectivity index (χ2v) is 11.5. The van der Waals surface area contributed by atoms with Gasteiger partial charge in [0.15, 0.2) is 6.61 Å². The Bertz CT molecular complexity index is 1050. The Labute approximate surface area is 221 Å². The van der Waals surface area contributed by atoms with Crippen LogP contribution >= 0.6 is 24.2 Å². The molecule has 0 spiro atoms. The van der Waals surface area contributed by atoms with Crippen molar-refractivity contribution >= 4 is 36.0 Å². The molecule has 8 nitrogen and oxygen atoms in total. The molecule has 1 saturated heterocycles. The molecule has 5 aliphatic rings. The molecule has 1 aromatic carbocycles. The second-order valence-electron chi connectivity index (χ2n) is 10.4. The highest BCUT2D eigenvalue weighted by Gasteiger charge is 2.49. The quantitative estimate of drug-likeness (QED) is 0.562. The van der Waals surface area contributed by atoms with E-state index in [9.17, 15) is 9.59 Å². The van der Waals surface area contributed by atoms with Crippen molar-refractivity contribution in [3.63, 3.8) is 0 Å². The zero-order chi connectivity index (χ0) is 23.8. The minimum absolute atomic E-state index is 0. The summed E-state index contributed by atoms with van der Waals surface area (Å²) in [6.07, 6.45) is 6.27. The van der Waals surface area contributed by atoms with Crippen molar-refractivity contribution in [2.45, 2.75) is 47.9 Å². The van der Waals surface area contributed by atoms with Crippen LogP contribution in [0.25, 0.3) is 0 Å². The highest BCUT2D eigenvalue weighted by Crippen LogP contribution is 2.53. The molecule has 4 aliphatic carbocycles. The van der Waals surface area contributed by atoms with Gasteiger partial charge >= 0.3 is 0 Å². The molecular weight excluding hydrogens is 500 g/mol. The van der Waals surface area contributed by atoms with Gasteiger partial charge in [-0.3, -0.25) is 9.59 Å². The third-order valence-corrected chi connectivity index (χ3v) is 9.19. The summed E-state index contributed by atoms with van der Waals surface area (Å²) in [6, 6.07) is 9.96. The van der Waals surface area contributed by atoms with Crippen molar-refractivity contribution in [3.8, 4) is 5.88 Å². The Balaban J connectivity index is 0.00000267. The monoisotopic (exact) mass is 532 g/mol. The first-order chi connectivity index (χ1) is 17.1. The molecule has 1 aromatic heterocycles. The Hall–Kier alpha value is -2.23. The molecule has 194 valence electrons. The molecule has 4 bridgehead atoms. The summed E-state index contributed by atoms with van der Waals surface area (Å²) in [5.41, 5.74) is 0. The molecule has 10 heteroatoms. The van der Waals surface area contributed by atoms with Crippen LogP contribution in [0.1, 0.15) is 42.7 Å². The van der Waals surface area contributed by atoms with Crippen LogP contribution in [-0.2, 0) is 4.79 Å². The van der Waals surface area contributed by atoms with Crippen LogP contribution in [0.4, 0.5) is 0 Å². The Morgan fingerprint density at radius 2 is 1.72 bits per heavy atom. The van der Waals surface area contributed by atoms with Gasteiger partial charge in [0.25, 0.3) is 17.7 Å². The summed E-state index contributed by atoms with van der Waals surface area (Å²) in [6.45, 7) is 2.74. The van der Waals surface area contributed by atoms with E-state index in [2.05, 4.69) is 15.8 Å². The SMILES string of the molecule is Cl.O=C(NC1C2CC3CC(C2)CC1C3)c1onc(OCC(=O)N2CCNCC2)c1Sc1ccccc1. The summed E-state index contributed by atoms with van der Waals surface area (Å²) in [4.78, 5) is 29.3. The first-order valence-electron chi connectivity index (χ1n) is 12.8. The second kappa shape index (κ2) is 11.0. The lowest BCUT2D eigenvalue weighted by Crippen LogP contribution is -2.55. The topological polar surface area (TPSA) is 96.7 Å². The minimum Gasteiger partial charge on any atom is -0.465 e. The number of nitrogens with one attached hydrogen (secondary N) is 2. The van der Waals surface area contributed by atoms with Gasteiger partial charge in [-0.1, -0.05) is 30.0 Å². The number of piperazine rings is 1. The number of carbonyl (C=O) groups is 2. The van der Waals surface area contributed by atoms with Crippen molar-refractivity contribution in [3.05, 3.63) is 36.1 Å². The molecule has 5 fully saturated rings. The largest absolute Gasteiger partial charge is 0.465 e. The summed E-state index contributed by atoms with van der Waals surface area (Å²) in [5, 5.41) is 10.6. The number of hydrogen-bond donors (Lipinski definition) is 2. The summed E-state index contributed by atoms with van der Waals surface area (Å²) >= 11 is 1.38. The van der Waals surface area contributed by atoms with E-state index >= 15 is 0 Å². The van der Waals surface area contributed by atoms with E-state index in [4.69, 9.17) is 9.26 Å². The number of rotatable bonds is 7. The fourth-order valence-electron chi connectivity index (χ4n) is 6.71. The van der Waals surface area contributed by atoms with E-state index in [1.807, 2.05) is 30.3 Å². The van der Waals surface area contributed by atoms with Crippen molar-refractivity contribution in [2.24, 2.45) is 23.7 Å². The fraction of sp³-hybridized carbons (Fsp3) is 0.577. The normalized spacial score (nSPS) is 28.4. The van der Waals surface area contributed by atoms with E-state index in [0.29, 0.717) is 29.8 Å². The standard InChI is InChI=1S/C26H32N4O4S.ClH/c31-21(30-8-6-27-7-9-30)15-33-26-24(35-20-4-2-1-3-5-20)23(34-29-26)25(32)28-22-18-11-16-10-17(13-18)14-19(22)12-16;/h1-5,16-19,22,27H,6-15H2,(H,28,32);1H. The molecule has 36 heavy (non-hydrogen) atoms. The minimum atomic E-state index is -0.239. The third kappa shape index (κ3) is 5.24. The molecule has 0 unspecified atom stereocenters. The molecule has 2 amide bonds. The van der Waals surface area contributed by atoms with Gasteiger partial charge in [0.1, 0.15) is 4.90 Å². The van der Waals surface area contributed by atoms with Gasteiger partial charge in [-0.05, 0) is 73.1 Å². The molecule has 1 aliphatic heterocycles. The Kier molecular flexibility index (Phi) is 7.79. The van der Waals surface area contributed by atoms with Crippen molar-refractivity contribution in [2.75, 3.05) is 32.8 Å². The first-order valence-corrected chi connectivity index (χ1v) is 13.6. The van der Waals surface area contributed by atoms with Gasteiger partial charge in [-0.25, -0.2) is 0 Å². The van der Waals surface area contributed by atoms with Crippen LogP contribution < -0.4 is 15.4 Å². The van der Waals surface area contributed by atoms with Gasteiger partial charge in [-0.2, -0.15) is 0 Å². The lowest BCUT2D eigenvalue weighted by molar-refractivity contribution is -0.134. The number of halogens is 1. The smallest absolute Gasteiger partial charge is 0.291 e. The first kappa shape index (κ1) is 25.4. The number of hydrogen-bond acceptors (Lipinski definition) is 7. The molecule has 2 N–H and O–H groups in total. The summed E-state index contributed by atoms with van der Waals surface area (Å²) < 4.78 is 11.4. The van der Waals surface area contributed by atoms with E-state index in [1.165, 1.54) is 43.9 Å². The number of ether oxygens (including phenoxy) is 1. The zero-order valence-corrected chi connectivity index (χ0v) is 21.8. The van der Waals surface area contributed by atoms with Crippen LogP contribution in [0.15, 0.2) is 44.6 Å². The molecule has 7 rings (SSSR count). The molecule has 2 aromatic rings. The van der Waals surface area contributed by atoms with Gasteiger partial charge in [0, 0.05) is 37.1 Å². The summed E-state index contributed by atoms with van der Waals surface area (Å²) in [5.74, 6) is 2.84. The number of amides is 2. The van der Waals surface area contributed by atoms with Crippen LogP contribution in [0, 0.1) is 23.7 Å². The van der Waals surface area contributed by atoms with Crippen molar-refractivity contribution in [1.82, 2.24) is 20.7 Å². The zero-order valence-electron chi connectivity index (χ0n) is 20.2. The highest BCUT2D eigenvalue weighted by molar-refractivity contribution is 7.99. The third-order valence-electron chi connectivity index (χ3n) is 8.12. The van der Waals surface area contributed by atoms with E-state index in [1.54, 1.807) is 4.90 Å². The number of carbonyl (C=O) groups excluding carboxylic acids is 2. The predicted octanol–water partition coefficient (Wildman–Crippen LogP) is 3.61. The lowest BCUT2D eigenvalue weighted by atomic mass is 9.54. The van der Waals surface area contributed by atoms with Crippen LogP contribution in [0.3, 0.4) is 0 Å². The van der Waals surface area contributed by atoms with Gasteiger partial charge in [-0.15, -0.1) is 12.4 Å². The van der Waals surface area contributed by atoms with E-state index in [0.717, 1.165) is 29.8 Å². The van der Waals surface area contributed by atoms with Crippen LogP contribution in [0.5, 0.6) is 5.88 Å². The maximum absolute atomic E-state index is 13.5. The van der Waals surface area contributed by atoms with Gasteiger partial charge in [0.05, 0.1) is 0 Å². The van der Waals surface area contributed by atoms with Crippen LogP contribution in [-0.4, -0.2) is 60.7 Å². The van der Waals surface area contributed by atoms with Crippen molar-refractivity contribution < 1.29 is 18.8 Å². The van der Waals surface area contributed by atoms with Crippen molar-refractivity contribution in [1.29, 1.82) is 0 Å². The maximum Gasteiger partial charge on any atom is 0.291 e. The Morgan fingerprint density at radius 3 is 2.39 bits per heavy atom. The molecule has 0 radical (unpaired) electrons. The number of aromatic nitrogens is 1. The molecule has 0 atom stereocenters. The molecule has 2 heterocycles. The van der Waals surface area contributed by atoms with Gasteiger partial charge < -0.3 is 24.8 Å². The highest BCUT2D eigenvalue weighted by atomic mass is 35.5. The predicted molar refractivity (Wildman–Crippen MR) is 138 cm³/mol.